The summed E-state index contributed by atoms with van der Waals surface area (Å²) in [6.45, 7) is 5.65. The van der Waals surface area contributed by atoms with Crippen molar-refractivity contribution in [3.63, 3.8) is 0 Å². The van der Waals surface area contributed by atoms with Gasteiger partial charge in [0.2, 0.25) is 0 Å². The molecule has 1 heterocycles. The number of carbonyl (C=O) groups is 1. The quantitative estimate of drug-likeness (QED) is 0.0477. The minimum absolute atomic E-state index is 0.155. The maximum atomic E-state index is 12.8. The van der Waals surface area contributed by atoms with Crippen molar-refractivity contribution in [2.24, 2.45) is 10.9 Å². The normalized spacial score (nSPS) is 14.1. The zero-order chi connectivity index (χ0) is 30.2. The summed E-state index contributed by atoms with van der Waals surface area (Å²) in [4.78, 5) is 16.9. The van der Waals surface area contributed by atoms with E-state index in [1.807, 2.05) is 0 Å². The lowest BCUT2D eigenvalue weighted by atomic mass is 9.99. The van der Waals surface area contributed by atoms with Crippen LogP contribution in [0.15, 0.2) is 29.3 Å². The van der Waals surface area contributed by atoms with Gasteiger partial charge in [0.15, 0.2) is 0 Å². The molecule has 0 aromatic carbocycles. The van der Waals surface area contributed by atoms with Gasteiger partial charge in [-0.2, -0.15) is 0 Å². The van der Waals surface area contributed by atoms with Crippen molar-refractivity contribution in [3.05, 3.63) is 24.3 Å². The molecule has 0 aromatic rings. The van der Waals surface area contributed by atoms with Crippen molar-refractivity contribution in [3.8, 4) is 0 Å². The van der Waals surface area contributed by atoms with Crippen molar-refractivity contribution < 1.29 is 14.3 Å². The Morgan fingerprint density at radius 3 is 1.52 bits per heavy atom. The molecule has 0 saturated heterocycles. The van der Waals surface area contributed by atoms with Crippen LogP contribution in [0.2, 0.25) is 0 Å². The molecule has 1 aliphatic rings. The molecule has 0 amide bonds. The molecular formula is C38H69NO3. The van der Waals surface area contributed by atoms with E-state index >= 15 is 0 Å². The molecule has 0 spiro atoms. The van der Waals surface area contributed by atoms with Gasteiger partial charge in [-0.3, -0.25) is 4.79 Å². The number of esters is 1. The van der Waals surface area contributed by atoms with Crippen LogP contribution in [0.3, 0.4) is 0 Å². The summed E-state index contributed by atoms with van der Waals surface area (Å²) >= 11 is 0. The van der Waals surface area contributed by atoms with Crippen LogP contribution in [-0.4, -0.2) is 25.2 Å². The number of allylic oxidation sites excluding steroid dienone is 3. The molecule has 1 atom stereocenters. The lowest BCUT2D eigenvalue weighted by Crippen LogP contribution is -2.20. The van der Waals surface area contributed by atoms with E-state index in [1.165, 1.54) is 154 Å². The second kappa shape index (κ2) is 30.9. The van der Waals surface area contributed by atoms with Crippen LogP contribution < -0.4 is 0 Å². The number of ether oxygens (including phenoxy) is 2. The first kappa shape index (κ1) is 38.4. The van der Waals surface area contributed by atoms with Crippen LogP contribution in [0, 0.1) is 5.92 Å². The smallest absolute Gasteiger partial charge is 0.391 e. The molecule has 0 radical (unpaired) electrons. The third-order valence-corrected chi connectivity index (χ3v) is 8.42. The van der Waals surface area contributed by atoms with Gasteiger partial charge in [-0.05, 0) is 44.9 Å². The van der Waals surface area contributed by atoms with Gasteiger partial charge in [0.05, 0.1) is 12.5 Å². The average molecular weight is 588 g/mol. The zero-order valence-electron chi connectivity index (χ0n) is 28.1. The molecule has 1 rings (SSSR count). The van der Waals surface area contributed by atoms with Crippen LogP contribution in [0.4, 0.5) is 0 Å². The number of hydrogen-bond donors (Lipinski definition) is 0. The molecule has 1 unspecified atom stereocenters. The van der Waals surface area contributed by atoms with E-state index in [1.54, 1.807) is 0 Å². The second-order valence-electron chi connectivity index (χ2n) is 12.5. The monoisotopic (exact) mass is 588 g/mol. The molecule has 42 heavy (non-hydrogen) atoms. The molecule has 1 aliphatic heterocycles. The Labute approximate surface area is 261 Å². The van der Waals surface area contributed by atoms with Crippen molar-refractivity contribution in [2.75, 3.05) is 13.2 Å². The van der Waals surface area contributed by atoms with Gasteiger partial charge in [-0.25, -0.2) is 4.99 Å². The molecule has 0 bridgehead atoms. The summed E-state index contributed by atoms with van der Waals surface area (Å²) < 4.78 is 10.8. The maximum Gasteiger partial charge on any atom is 0.391 e. The number of unbranched alkanes of at least 4 members (excludes halogenated alkanes) is 23. The van der Waals surface area contributed by atoms with E-state index in [-0.39, 0.29) is 18.0 Å². The second-order valence-corrected chi connectivity index (χ2v) is 12.5. The van der Waals surface area contributed by atoms with Crippen LogP contribution in [0.5, 0.6) is 0 Å². The lowest BCUT2D eigenvalue weighted by Gasteiger charge is -2.12. The maximum absolute atomic E-state index is 12.8. The highest BCUT2D eigenvalue weighted by Gasteiger charge is 2.21. The predicted molar refractivity (Wildman–Crippen MR) is 182 cm³/mol. The number of carbonyl (C=O) groups excluding carboxylic acids is 1. The van der Waals surface area contributed by atoms with Crippen LogP contribution >= 0.6 is 0 Å². The third-order valence-electron chi connectivity index (χ3n) is 8.42. The molecular weight excluding hydrogens is 518 g/mol. The number of nitrogens with zero attached hydrogens (tertiary/aromatic N) is 1. The predicted octanol–water partition coefficient (Wildman–Crippen LogP) is 12.2. The first-order valence-corrected chi connectivity index (χ1v) is 18.5. The molecule has 0 aliphatic carbocycles. The van der Waals surface area contributed by atoms with Crippen LogP contribution in [-0.2, 0) is 14.3 Å². The largest absolute Gasteiger partial charge is 0.448 e. The Bertz CT molecular complexity index is 684. The molecule has 4 heteroatoms. The van der Waals surface area contributed by atoms with E-state index in [2.05, 4.69) is 43.1 Å². The fraction of sp³-hybridized carbons (Fsp3) is 0.842. The van der Waals surface area contributed by atoms with E-state index < -0.39 is 0 Å². The van der Waals surface area contributed by atoms with E-state index in [4.69, 9.17) is 9.47 Å². The van der Waals surface area contributed by atoms with E-state index in [9.17, 15) is 4.79 Å². The first-order chi connectivity index (χ1) is 20.8. The van der Waals surface area contributed by atoms with Gasteiger partial charge in [0, 0.05) is 0 Å². The van der Waals surface area contributed by atoms with Gasteiger partial charge in [0.1, 0.15) is 6.61 Å². The Balaban J connectivity index is 2.13. The van der Waals surface area contributed by atoms with E-state index in [0.29, 0.717) is 13.2 Å². The summed E-state index contributed by atoms with van der Waals surface area (Å²) in [6.07, 6.45) is 44.2. The lowest BCUT2D eigenvalue weighted by molar-refractivity contribution is -0.140. The molecule has 0 fully saturated rings. The molecule has 244 valence electrons. The summed E-state index contributed by atoms with van der Waals surface area (Å²) in [5, 5.41) is 0. The van der Waals surface area contributed by atoms with Gasteiger partial charge in [0.25, 0.3) is 0 Å². The highest BCUT2D eigenvalue weighted by atomic mass is 16.7. The molecule has 0 N–H and O–H groups in total. The Kier molecular flexibility index (Phi) is 28.3. The topological polar surface area (TPSA) is 47.9 Å². The Hall–Kier alpha value is -1.58. The summed E-state index contributed by atoms with van der Waals surface area (Å²) in [6, 6.07) is 0. The van der Waals surface area contributed by atoms with Gasteiger partial charge < -0.3 is 9.47 Å². The summed E-state index contributed by atoms with van der Waals surface area (Å²) in [5.74, 6) is -0.411. The van der Waals surface area contributed by atoms with Crippen LogP contribution in [0.25, 0.3) is 0 Å². The minimum Gasteiger partial charge on any atom is -0.448 e. The molecule has 0 aromatic heterocycles. The summed E-state index contributed by atoms with van der Waals surface area (Å²) in [5.41, 5.74) is 0. The molecule has 4 nitrogen and oxygen atoms in total. The van der Waals surface area contributed by atoms with Crippen molar-refractivity contribution in [1.29, 1.82) is 0 Å². The number of hydrogen-bond acceptors (Lipinski definition) is 4. The van der Waals surface area contributed by atoms with E-state index in [0.717, 1.165) is 19.3 Å². The fourth-order valence-corrected chi connectivity index (χ4v) is 5.63. The standard InChI is InChI=1S/C38H69NO3/c1-3-5-7-9-11-13-15-17-19-21-23-25-27-29-31-33-36(37(40)42-38-39-34-35-41-38)32-30-28-26-24-22-20-18-16-14-12-10-8-6-4-2/h18,20,31,33,36H,3-17,19,21-30,32,34-35H2,1-2H3/b20-18-,33-31+. The third kappa shape index (κ3) is 25.0. The minimum atomic E-state index is -0.213. The summed E-state index contributed by atoms with van der Waals surface area (Å²) in [7, 11) is 0. The Morgan fingerprint density at radius 2 is 1.07 bits per heavy atom. The van der Waals surface area contributed by atoms with Crippen molar-refractivity contribution in [2.45, 2.75) is 187 Å². The first-order valence-electron chi connectivity index (χ1n) is 18.5. The van der Waals surface area contributed by atoms with Crippen LogP contribution in [0.1, 0.15) is 187 Å². The highest BCUT2D eigenvalue weighted by Crippen LogP contribution is 2.18. The van der Waals surface area contributed by atoms with Gasteiger partial charge in [-0.1, -0.05) is 167 Å². The van der Waals surface area contributed by atoms with Gasteiger partial charge >= 0.3 is 12.1 Å². The number of aliphatic imine (C=N–C) groups is 1. The van der Waals surface area contributed by atoms with Crippen molar-refractivity contribution >= 4 is 12.1 Å². The molecule has 0 saturated carbocycles. The average Bonchev–Trinajstić information content (AvgIpc) is 3.51. The van der Waals surface area contributed by atoms with Crippen molar-refractivity contribution in [1.82, 2.24) is 0 Å². The Morgan fingerprint density at radius 1 is 0.643 bits per heavy atom. The fourth-order valence-electron chi connectivity index (χ4n) is 5.63. The number of rotatable bonds is 30. The highest BCUT2D eigenvalue weighted by molar-refractivity contribution is 5.87. The SMILES string of the molecule is CCCCCCCC/C=C\CCCCCCC(/C=C/CCCCCCCCCCCCCCC)C(=O)OC1=NCCO1. The van der Waals surface area contributed by atoms with Gasteiger partial charge in [-0.15, -0.1) is 0 Å². The zero-order valence-corrected chi connectivity index (χ0v) is 28.1.